The number of piperazine rings is 1. The van der Waals surface area contributed by atoms with Gasteiger partial charge in [-0.25, -0.2) is 9.97 Å². The highest BCUT2D eigenvalue weighted by atomic mass is 15.3. The maximum atomic E-state index is 4.29. The molecule has 1 fully saturated rings. The summed E-state index contributed by atoms with van der Waals surface area (Å²) in [5.74, 6) is 0.856. The monoisotopic (exact) mass is 232 g/mol. The Morgan fingerprint density at radius 1 is 1.24 bits per heavy atom. The smallest absolute Gasteiger partial charge is 0.225 e. The number of allylic oxidation sites excluding steroid dienone is 1. The van der Waals surface area contributed by atoms with Crippen LogP contribution in [-0.2, 0) is 0 Å². The fourth-order valence-electron chi connectivity index (χ4n) is 2.00. The van der Waals surface area contributed by atoms with E-state index in [1.54, 1.807) is 12.4 Å². The van der Waals surface area contributed by atoms with Gasteiger partial charge in [0.15, 0.2) is 0 Å². The molecule has 0 bridgehead atoms. The van der Waals surface area contributed by atoms with Crippen molar-refractivity contribution in [2.75, 3.05) is 37.6 Å². The third-order valence-electron chi connectivity index (χ3n) is 3.17. The van der Waals surface area contributed by atoms with Crippen LogP contribution in [0.3, 0.4) is 0 Å². The van der Waals surface area contributed by atoms with Gasteiger partial charge in [-0.15, -0.1) is 0 Å². The van der Waals surface area contributed by atoms with Gasteiger partial charge in [0, 0.05) is 45.1 Å². The molecule has 17 heavy (non-hydrogen) atoms. The predicted octanol–water partition coefficient (Wildman–Crippen LogP) is 1.56. The Balaban J connectivity index is 1.86. The maximum absolute atomic E-state index is 4.29. The van der Waals surface area contributed by atoms with Crippen molar-refractivity contribution >= 4 is 5.95 Å². The number of nitrogens with zero attached hydrogens (tertiary/aromatic N) is 4. The van der Waals surface area contributed by atoms with Crippen molar-refractivity contribution in [2.24, 2.45) is 0 Å². The summed E-state index contributed by atoms with van der Waals surface area (Å²) in [5, 5.41) is 0. The molecule has 2 heterocycles. The molecule has 0 atom stereocenters. The van der Waals surface area contributed by atoms with Crippen LogP contribution in [0.2, 0.25) is 0 Å². The molecule has 2 rings (SSSR count). The molecule has 0 aromatic carbocycles. The lowest BCUT2D eigenvalue weighted by Gasteiger charge is -2.34. The van der Waals surface area contributed by atoms with Crippen LogP contribution in [0, 0.1) is 0 Å². The molecule has 1 saturated heterocycles. The van der Waals surface area contributed by atoms with E-state index in [4.69, 9.17) is 0 Å². The minimum absolute atomic E-state index is 0.856. The highest BCUT2D eigenvalue weighted by Crippen LogP contribution is 2.10. The van der Waals surface area contributed by atoms with E-state index in [0.717, 1.165) is 38.7 Å². The second kappa shape index (κ2) is 5.77. The fourth-order valence-corrected chi connectivity index (χ4v) is 2.00. The second-order valence-electron chi connectivity index (χ2n) is 4.45. The lowest BCUT2D eigenvalue weighted by atomic mass is 10.2. The molecule has 0 spiro atoms. The lowest BCUT2D eigenvalue weighted by molar-refractivity contribution is 0.277. The molecule has 1 aromatic rings. The summed E-state index contributed by atoms with van der Waals surface area (Å²) in [6.45, 7) is 9.57. The van der Waals surface area contributed by atoms with E-state index in [-0.39, 0.29) is 0 Å². The van der Waals surface area contributed by atoms with Crippen LogP contribution in [0.4, 0.5) is 5.95 Å². The van der Waals surface area contributed by atoms with Gasteiger partial charge in [0.1, 0.15) is 0 Å². The Hall–Kier alpha value is -1.42. The molecule has 0 saturated carbocycles. The van der Waals surface area contributed by atoms with Crippen LogP contribution in [0.15, 0.2) is 30.1 Å². The standard InChI is InChI=1S/C13H20N4/c1-3-12(2)11-16-7-9-17(10-8-16)13-14-5-4-6-15-13/h3-6H,7-11H2,1-2H3/b12-3+. The zero-order valence-corrected chi connectivity index (χ0v) is 10.6. The normalized spacial score (nSPS) is 18.5. The van der Waals surface area contributed by atoms with Gasteiger partial charge < -0.3 is 4.90 Å². The maximum Gasteiger partial charge on any atom is 0.225 e. The molecule has 1 aromatic heterocycles. The zero-order valence-electron chi connectivity index (χ0n) is 10.6. The van der Waals surface area contributed by atoms with Crippen LogP contribution in [-0.4, -0.2) is 47.6 Å². The number of hydrogen-bond acceptors (Lipinski definition) is 4. The molecule has 4 nitrogen and oxygen atoms in total. The summed E-state index contributed by atoms with van der Waals surface area (Å²) in [6.07, 6.45) is 5.80. The van der Waals surface area contributed by atoms with Crippen molar-refractivity contribution in [2.45, 2.75) is 13.8 Å². The van der Waals surface area contributed by atoms with Gasteiger partial charge in [-0.05, 0) is 19.9 Å². The van der Waals surface area contributed by atoms with E-state index >= 15 is 0 Å². The van der Waals surface area contributed by atoms with E-state index in [0.29, 0.717) is 0 Å². The molecular weight excluding hydrogens is 212 g/mol. The number of aromatic nitrogens is 2. The first kappa shape index (κ1) is 12.0. The molecule has 0 unspecified atom stereocenters. The molecule has 0 aliphatic carbocycles. The van der Waals surface area contributed by atoms with Gasteiger partial charge in [-0.1, -0.05) is 11.6 Å². The Labute approximate surface area is 103 Å². The summed E-state index contributed by atoms with van der Waals surface area (Å²) in [5.41, 5.74) is 1.44. The number of anilines is 1. The van der Waals surface area contributed by atoms with Crippen LogP contribution < -0.4 is 4.90 Å². The van der Waals surface area contributed by atoms with E-state index in [9.17, 15) is 0 Å². The Morgan fingerprint density at radius 2 is 1.88 bits per heavy atom. The quantitative estimate of drug-likeness (QED) is 0.740. The molecule has 0 radical (unpaired) electrons. The van der Waals surface area contributed by atoms with Crippen LogP contribution in [0.1, 0.15) is 13.8 Å². The highest BCUT2D eigenvalue weighted by molar-refractivity contribution is 5.29. The fraction of sp³-hybridized carbons (Fsp3) is 0.538. The average molecular weight is 232 g/mol. The first-order valence-electron chi connectivity index (χ1n) is 6.15. The molecule has 1 aliphatic rings. The SMILES string of the molecule is C/C=C(\C)CN1CCN(c2ncccn2)CC1. The predicted molar refractivity (Wildman–Crippen MR) is 70.1 cm³/mol. The van der Waals surface area contributed by atoms with E-state index < -0.39 is 0 Å². The number of hydrogen-bond donors (Lipinski definition) is 0. The van der Waals surface area contributed by atoms with Gasteiger partial charge in [0.05, 0.1) is 0 Å². The van der Waals surface area contributed by atoms with Crippen molar-refractivity contribution < 1.29 is 0 Å². The van der Waals surface area contributed by atoms with Crippen molar-refractivity contribution in [3.8, 4) is 0 Å². The highest BCUT2D eigenvalue weighted by Gasteiger charge is 2.18. The largest absolute Gasteiger partial charge is 0.338 e. The van der Waals surface area contributed by atoms with Gasteiger partial charge in [-0.2, -0.15) is 0 Å². The van der Waals surface area contributed by atoms with Crippen molar-refractivity contribution in [1.29, 1.82) is 0 Å². The van der Waals surface area contributed by atoms with Gasteiger partial charge in [0.25, 0.3) is 0 Å². The summed E-state index contributed by atoms with van der Waals surface area (Å²) < 4.78 is 0. The molecule has 0 amide bonds. The van der Waals surface area contributed by atoms with E-state index in [1.165, 1.54) is 5.57 Å². The number of rotatable bonds is 3. The molecule has 1 aliphatic heterocycles. The molecule has 4 heteroatoms. The summed E-state index contributed by atoms with van der Waals surface area (Å²) in [7, 11) is 0. The zero-order chi connectivity index (χ0) is 12.1. The average Bonchev–Trinajstić information content (AvgIpc) is 2.40. The van der Waals surface area contributed by atoms with E-state index in [1.807, 2.05) is 6.07 Å². The summed E-state index contributed by atoms with van der Waals surface area (Å²) in [4.78, 5) is 13.3. The minimum atomic E-state index is 0.856. The van der Waals surface area contributed by atoms with Crippen molar-refractivity contribution in [3.63, 3.8) is 0 Å². The third kappa shape index (κ3) is 3.27. The van der Waals surface area contributed by atoms with Crippen molar-refractivity contribution in [1.82, 2.24) is 14.9 Å². The molecular formula is C13H20N4. The lowest BCUT2D eigenvalue weighted by Crippen LogP contribution is -2.47. The second-order valence-corrected chi connectivity index (χ2v) is 4.45. The molecule has 92 valence electrons. The summed E-state index contributed by atoms with van der Waals surface area (Å²) >= 11 is 0. The van der Waals surface area contributed by atoms with Crippen LogP contribution in [0.25, 0.3) is 0 Å². The summed E-state index contributed by atoms with van der Waals surface area (Å²) in [6, 6.07) is 1.86. The Morgan fingerprint density at radius 3 is 2.47 bits per heavy atom. The van der Waals surface area contributed by atoms with E-state index in [2.05, 4.69) is 39.7 Å². The molecule has 0 N–H and O–H groups in total. The van der Waals surface area contributed by atoms with Crippen LogP contribution in [0.5, 0.6) is 0 Å². The van der Waals surface area contributed by atoms with Gasteiger partial charge >= 0.3 is 0 Å². The van der Waals surface area contributed by atoms with Crippen LogP contribution >= 0.6 is 0 Å². The first-order valence-corrected chi connectivity index (χ1v) is 6.15. The van der Waals surface area contributed by atoms with Gasteiger partial charge in [-0.3, -0.25) is 4.90 Å². The Bertz CT molecular complexity index is 366. The minimum Gasteiger partial charge on any atom is -0.338 e. The van der Waals surface area contributed by atoms with Gasteiger partial charge in [0.2, 0.25) is 5.95 Å². The Kier molecular flexibility index (Phi) is 4.09. The first-order chi connectivity index (χ1) is 8.29. The topological polar surface area (TPSA) is 32.3 Å². The third-order valence-corrected chi connectivity index (χ3v) is 3.17. The van der Waals surface area contributed by atoms with Crippen molar-refractivity contribution in [3.05, 3.63) is 30.1 Å².